The Balaban J connectivity index is 0.000000146. The number of aromatic nitrogens is 4. The number of halogens is 1. The van der Waals surface area contributed by atoms with Gasteiger partial charge < -0.3 is 48.9 Å². The zero-order valence-corrected chi connectivity index (χ0v) is 28.9. The zero-order valence-electron chi connectivity index (χ0n) is 28.2. The molecule has 51 heavy (non-hydrogen) atoms. The van der Waals surface area contributed by atoms with Gasteiger partial charge in [0.25, 0.3) is 0 Å². The number of amides is 1. The summed E-state index contributed by atoms with van der Waals surface area (Å²) in [6.07, 6.45) is 3.18. The number of rotatable bonds is 9. The lowest BCUT2D eigenvalue weighted by molar-refractivity contribution is -0.118. The second-order valence-electron chi connectivity index (χ2n) is 11.6. The first-order valence-electron chi connectivity index (χ1n) is 15.6. The fraction of sp³-hybridized carbons (Fsp3) is 0.353. The van der Waals surface area contributed by atoms with Crippen molar-refractivity contribution in [1.29, 1.82) is 0 Å². The molecule has 0 spiro atoms. The molecule has 2 aliphatic heterocycles. The van der Waals surface area contributed by atoms with Crippen molar-refractivity contribution in [2.45, 2.75) is 36.5 Å². The van der Waals surface area contributed by atoms with Gasteiger partial charge in [0.15, 0.2) is 23.0 Å². The van der Waals surface area contributed by atoms with Crippen molar-refractivity contribution in [3.8, 4) is 46.8 Å². The number of nitrogen functional groups attached to an aromatic ring is 1. The number of fused-ring (bicyclic) bond motifs is 2. The van der Waals surface area contributed by atoms with Crippen LogP contribution >= 0.6 is 11.6 Å². The van der Waals surface area contributed by atoms with E-state index < -0.39 is 10.8 Å². The van der Waals surface area contributed by atoms with E-state index in [1.54, 1.807) is 6.07 Å². The Bertz CT molecular complexity index is 1890. The maximum Gasteiger partial charge on any atom is 0.321 e. The Morgan fingerprint density at radius 1 is 0.667 bits per heavy atom. The number of nitrogens with two attached hydrogens (primary N) is 1. The van der Waals surface area contributed by atoms with E-state index in [4.69, 9.17) is 55.2 Å². The quantitative estimate of drug-likeness (QED) is 0.233. The van der Waals surface area contributed by atoms with Crippen LogP contribution in [0.15, 0.2) is 48.5 Å². The van der Waals surface area contributed by atoms with Crippen LogP contribution in [0.5, 0.6) is 46.8 Å². The van der Waals surface area contributed by atoms with Crippen LogP contribution in [0.1, 0.15) is 36.8 Å². The van der Waals surface area contributed by atoms with Gasteiger partial charge in [0.2, 0.25) is 36.5 Å². The van der Waals surface area contributed by atoms with E-state index in [1.165, 1.54) is 34.5 Å². The summed E-state index contributed by atoms with van der Waals surface area (Å²) in [7, 11) is 5.91. The molecule has 4 heterocycles. The third kappa shape index (κ3) is 7.55. The zero-order chi connectivity index (χ0) is 36.2. The SMILES string of the molecule is COc1cc(N)nc(OC)n1.COc1cc(NC(=O)C2(c3ccc4c(c3)OCO4)CC2)nc(OC)n1.O=C(Cl)C1(c2ccc3c(c2)OCO3)CC1. The lowest BCUT2D eigenvalue weighted by Crippen LogP contribution is -2.28. The van der Waals surface area contributed by atoms with Gasteiger partial charge in [-0.1, -0.05) is 12.1 Å². The molecule has 0 bridgehead atoms. The molecule has 268 valence electrons. The molecule has 4 aliphatic rings. The first-order valence-corrected chi connectivity index (χ1v) is 16.0. The Hall–Kier alpha value is -5.77. The third-order valence-electron chi connectivity index (χ3n) is 8.57. The number of carbonyl (C=O) groups is 2. The monoisotopic (exact) mass is 722 g/mol. The summed E-state index contributed by atoms with van der Waals surface area (Å²) in [5, 5.41) is 2.56. The Labute approximate surface area is 297 Å². The Morgan fingerprint density at radius 3 is 1.65 bits per heavy atom. The number of carbonyl (C=O) groups excluding carboxylic acids is 2. The molecule has 2 aromatic carbocycles. The van der Waals surface area contributed by atoms with Crippen LogP contribution < -0.4 is 48.9 Å². The van der Waals surface area contributed by atoms with E-state index in [0.717, 1.165) is 42.6 Å². The van der Waals surface area contributed by atoms with Crippen molar-refractivity contribution in [1.82, 2.24) is 19.9 Å². The minimum atomic E-state index is -0.577. The van der Waals surface area contributed by atoms with E-state index >= 15 is 0 Å². The molecule has 0 atom stereocenters. The van der Waals surface area contributed by atoms with Gasteiger partial charge in [-0.3, -0.25) is 9.59 Å². The highest BCUT2D eigenvalue weighted by Crippen LogP contribution is 2.52. The van der Waals surface area contributed by atoms with Crippen molar-refractivity contribution in [2.24, 2.45) is 0 Å². The van der Waals surface area contributed by atoms with E-state index in [9.17, 15) is 9.59 Å². The first-order chi connectivity index (χ1) is 24.6. The van der Waals surface area contributed by atoms with Crippen molar-refractivity contribution < 1.29 is 47.5 Å². The molecular weight excluding hydrogens is 688 g/mol. The predicted molar refractivity (Wildman–Crippen MR) is 181 cm³/mol. The third-order valence-corrected chi connectivity index (χ3v) is 8.93. The van der Waals surface area contributed by atoms with Crippen LogP contribution in [-0.4, -0.2) is 73.1 Å². The number of nitrogens with zero attached hydrogens (tertiary/aromatic N) is 4. The Morgan fingerprint density at radius 2 is 1.16 bits per heavy atom. The number of methoxy groups -OCH3 is 4. The van der Waals surface area contributed by atoms with Crippen LogP contribution in [0.2, 0.25) is 0 Å². The lowest BCUT2D eigenvalue weighted by Gasteiger charge is -2.16. The summed E-state index contributed by atoms with van der Waals surface area (Å²) in [6.45, 7) is 0.457. The molecule has 0 saturated heterocycles. The predicted octanol–water partition coefficient (Wildman–Crippen LogP) is 4.18. The summed E-state index contributed by atoms with van der Waals surface area (Å²) in [5.41, 5.74) is 6.21. The second-order valence-corrected chi connectivity index (χ2v) is 12.0. The maximum atomic E-state index is 12.9. The molecule has 2 aromatic heterocycles. The van der Waals surface area contributed by atoms with E-state index in [-0.39, 0.29) is 36.8 Å². The van der Waals surface area contributed by atoms with Gasteiger partial charge in [0.1, 0.15) is 11.6 Å². The summed E-state index contributed by atoms with van der Waals surface area (Å²) in [5.74, 6) is 4.05. The normalized spacial score (nSPS) is 15.9. The van der Waals surface area contributed by atoms with Crippen molar-refractivity contribution in [3.63, 3.8) is 0 Å². The molecule has 0 radical (unpaired) electrons. The minimum Gasteiger partial charge on any atom is -0.481 e. The van der Waals surface area contributed by atoms with Crippen LogP contribution in [0, 0.1) is 0 Å². The van der Waals surface area contributed by atoms with E-state index in [0.29, 0.717) is 40.6 Å². The fourth-order valence-electron chi connectivity index (χ4n) is 5.40. The van der Waals surface area contributed by atoms with Gasteiger partial charge in [0, 0.05) is 12.1 Å². The van der Waals surface area contributed by atoms with Gasteiger partial charge in [-0.15, -0.1) is 0 Å². The summed E-state index contributed by atoms with van der Waals surface area (Å²) >= 11 is 5.61. The highest BCUT2D eigenvalue weighted by Gasteiger charge is 2.52. The number of anilines is 2. The molecule has 17 heteroatoms. The maximum absolute atomic E-state index is 12.9. The number of hydrogen-bond acceptors (Lipinski definition) is 15. The van der Waals surface area contributed by atoms with Gasteiger partial charge >= 0.3 is 12.0 Å². The highest BCUT2D eigenvalue weighted by molar-refractivity contribution is 6.66. The Kier molecular flexibility index (Phi) is 10.0. The molecule has 2 aliphatic carbocycles. The second kappa shape index (κ2) is 14.6. The van der Waals surface area contributed by atoms with Crippen LogP contribution in [0.4, 0.5) is 11.6 Å². The molecule has 2 fully saturated rings. The fourth-order valence-corrected chi connectivity index (χ4v) is 5.70. The van der Waals surface area contributed by atoms with Crippen LogP contribution in [0.3, 0.4) is 0 Å². The largest absolute Gasteiger partial charge is 0.481 e. The standard InChI is InChI=1S/C17H17N3O5.C11H9ClO3.C6H9N3O2/c1-22-14-8-13(19-16(20-14)23-2)18-15(21)17(5-6-17)10-3-4-11-12(7-10)25-9-24-11;12-10(13)11(3-4-11)7-1-2-8-9(5-7)15-6-14-8;1-10-5-3-4(7)8-6(9-5)11-2/h3-4,7-8H,5-6,9H2,1-2H3,(H,18,19,20,21);1-2,5H,3-4,6H2;3H,1-2H3,(H2,7,8,9). The summed E-state index contributed by atoms with van der Waals surface area (Å²) in [6, 6.07) is 14.6. The van der Waals surface area contributed by atoms with Crippen molar-refractivity contribution in [3.05, 3.63) is 59.7 Å². The van der Waals surface area contributed by atoms with Gasteiger partial charge in [-0.05, 0) is 72.7 Å². The van der Waals surface area contributed by atoms with Crippen LogP contribution in [-0.2, 0) is 20.4 Å². The molecule has 0 unspecified atom stereocenters. The van der Waals surface area contributed by atoms with Crippen molar-refractivity contribution >= 4 is 34.4 Å². The topological polar surface area (TPSA) is 198 Å². The van der Waals surface area contributed by atoms with E-state index in [1.807, 2.05) is 36.4 Å². The number of hydrogen-bond donors (Lipinski definition) is 2. The first kappa shape index (κ1) is 35.1. The van der Waals surface area contributed by atoms with Gasteiger partial charge in [-0.2, -0.15) is 19.9 Å². The van der Waals surface area contributed by atoms with Gasteiger partial charge in [-0.25, -0.2) is 0 Å². The average molecular weight is 723 g/mol. The summed E-state index contributed by atoms with van der Waals surface area (Å²) < 4.78 is 40.9. The number of benzene rings is 2. The lowest BCUT2D eigenvalue weighted by atomic mass is 9.94. The molecular formula is C34H35ClN6O10. The summed E-state index contributed by atoms with van der Waals surface area (Å²) in [4.78, 5) is 40.0. The van der Waals surface area contributed by atoms with E-state index in [2.05, 4.69) is 25.3 Å². The molecule has 8 rings (SSSR count). The molecule has 1 amide bonds. The van der Waals surface area contributed by atoms with Crippen LogP contribution in [0.25, 0.3) is 0 Å². The number of ether oxygens (including phenoxy) is 8. The van der Waals surface area contributed by atoms with Crippen molar-refractivity contribution in [2.75, 3.05) is 53.1 Å². The molecule has 16 nitrogen and oxygen atoms in total. The van der Waals surface area contributed by atoms with Gasteiger partial charge in [0.05, 0.1) is 39.3 Å². The molecule has 4 aromatic rings. The minimum absolute atomic E-state index is 0.127. The highest BCUT2D eigenvalue weighted by atomic mass is 35.5. The molecule has 2 saturated carbocycles. The molecule has 3 N–H and O–H groups in total. The average Bonchev–Trinajstić information content (AvgIpc) is 4.04. The smallest absolute Gasteiger partial charge is 0.321 e. The number of nitrogens with one attached hydrogen (secondary N) is 1.